The molecule has 0 saturated carbocycles. The number of rotatable bonds is 7. The van der Waals surface area contributed by atoms with Crippen molar-refractivity contribution in [2.45, 2.75) is 12.7 Å². The first-order valence-electron chi connectivity index (χ1n) is 8.20. The minimum absolute atomic E-state index is 0.0381. The van der Waals surface area contributed by atoms with Crippen LogP contribution < -0.4 is 16.1 Å². The zero-order valence-electron chi connectivity index (χ0n) is 15.1. The van der Waals surface area contributed by atoms with Crippen molar-refractivity contribution in [1.82, 2.24) is 5.32 Å². The molecule has 2 radical (unpaired) electrons. The van der Waals surface area contributed by atoms with Crippen LogP contribution in [-0.4, -0.2) is 32.6 Å². The van der Waals surface area contributed by atoms with E-state index in [9.17, 15) is 22.4 Å². The molecule has 0 spiro atoms. The summed E-state index contributed by atoms with van der Waals surface area (Å²) in [7, 11) is 6.59. The van der Waals surface area contributed by atoms with E-state index in [0.29, 0.717) is 16.7 Å². The van der Waals surface area contributed by atoms with Gasteiger partial charge in [0.25, 0.3) is 0 Å². The summed E-state index contributed by atoms with van der Waals surface area (Å²) in [6.45, 7) is 0.123. The van der Waals surface area contributed by atoms with E-state index in [1.54, 1.807) is 24.3 Å². The molecular formula is C19H15BClF4N3O. The number of hydrogen-bond donors (Lipinski definition) is 3. The number of benzene rings is 2. The number of carbonyl (C=O) groups is 1. The Kier molecular flexibility index (Phi) is 7.08. The fourth-order valence-corrected chi connectivity index (χ4v) is 2.57. The molecule has 4 nitrogen and oxygen atoms in total. The van der Waals surface area contributed by atoms with Crippen LogP contribution in [-0.2, 0) is 11.3 Å². The van der Waals surface area contributed by atoms with Gasteiger partial charge in [0.05, 0.1) is 0 Å². The molecule has 0 saturated heterocycles. The van der Waals surface area contributed by atoms with Crippen LogP contribution in [0, 0.1) is 11.2 Å². The van der Waals surface area contributed by atoms with E-state index in [-0.39, 0.29) is 17.6 Å². The molecule has 0 unspecified atom stereocenters. The largest absolute Gasteiger partial charge is 0.431 e. The van der Waals surface area contributed by atoms with E-state index in [1.807, 2.05) is 5.32 Å². The lowest BCUT2D eigenvalue weighted by Gasteiger charge is -2.13. The predicted molar refractivity (Wildman–Crippen MR) is 106 cm³/mol. The molecule has 2 rings (SSSR count). The molecule has 29 heavy (non-hydrogen) atoms. The van der Waals surface area contributed by atoms with Crippen LogP contribution in [0.2, 0.25) is 5.02 Å². The molecular weight excluding hydrogens is 408 g/mol. The Bertz CT molecular complexity index is 959. The van der Waals surface area contributed by atoms with Gasteiger partial charge in [0.15, 0.2) is 0 Å². The summed E-state index contributed by atoms with van der Waals surface area (Å²) in [6, 6.07) is 8.82. The van der Waals surface area contributed by atoms with Gasteiger partial charge in [-0.1, -0.05) is 29.2 Å². The minimum Gasteiger partial charge on any atom is -0.384 e. The Labute approximate surface area is 170 Å². The molecule has 2 aromatic carbocycles. The summed E-state index contributed by atoms with van der Waals surface area (Å²) in [5.41, 5.74) is -1.11. The van der Waals surface area contributed by atoms with Gasteiger partial charge in [0.1, 0.15) is 25.1 Å². The molecule has 0 aromatic heterocycles. The van der Waals surface area contributed by atoms with Crippen molar-refractivity contribution < 1.29 is 22.4 Å². The lowest BCUT2D eigenvalue weighted by molar-refractivity contribution is -0.111. The lowest BCUT2D eigenvalue weighted by atomic mass is 9.96. The Morgan fingerprint density at radius 2 is 1.86 bits per heavy atom. The molecule has 0 heterocycles. The van der Waals surface area contributed by atoms with Crippen LogP contribution in [0.4, 0.5) is 23.2 Å². The van der Waals surface area contributed by atoms with Crippen LogP contribution in [0.5, 0.6) is 0 Å². The molecule has 10 heteroatoms. The number of hydrogen-bond acceptors (Lipinski definition) is 4. The molecule has 0 amide bonds. The summed E-state index contributed by atoms with van der Waals surface area (Å²) in [6.07, 6.45) is -4.60. The summed E-state index contributed by atoms with van der Waals surface area (Å²) >= 11 is 6.02. The zero-order valence-corrected chi connectivity index (χ0v) is 15.9. The lowest BCUT2D eigenvalue weighted by Crippen LogP contribution is -2.26. The highest BCUT2D eigenvalue weighted by Gasteiger charge is 2.34. The Balaban J connectivity index is 2.27. The SMILES string of the molecule is [B]c1ccc(NCc2cc(C(=N)C(=O)/C=C(\NC)C(F)(F)F)c(F)cc2Cl)cc1. The molecule has 3 N–H and O–H groups in total. The summed E-state index contributed by atoms with van der Waals surface area (Å²) in [5, 5.41) is 12.7. The standard InChI is InChI=1S/C19H15BClF4N3O/c1-27-17(19(23,24)25)8-16(29)18(26)13-6-10(14(21)7-15(13)22)9-28-12-4-2-11(20)3-5-12/h2-8,26-28H,9H2,1H3/b17-8-,26-18?. The van der Waals surface area contributed by atoms with Gasteiger partial charge < -0.3 is 10.6 Å². The van der Waals surface area contributed by atoms with Gasteiger partial charge in [0, 0.05) is 35.9 Å². The third-order valence-corrected chi connectivity index (χ3v) is 4.25. The van der Waals surface area contributed by atoms with Gasteiger partial charge >= 0.3 is 6.18 Å². The highest BCUT2D eigenvalue weighted by atomic mass is 35.5. The second-order valence-electron chi connectivity index (χ2n) is 5.94. The highest BCUT2D eigenvalue weighted by molar-refractivity contribution is 6.48. The predicted octanol–water partition coefficient (Wildman–Crippen LogP) is 3.49. The first-order chi connectivity index (χ1) is 13.5. The number of nitrogens with one attached hydrogen (secondary N) is 3. The van der Waals surface area contributed by atoms with Crippen molar-refractivity contribution in [2.24, 2.45) is 0 Å². The van der Waals surface area contributed by atoms with E-state index in [4.69, 9.17) is 24.9 Å². The van der Waals surface area contributed by atoms with Crippen molar-refractivity contribution in [3.8, 4) is 0 Å². The average molecular weight is 424 g/mol. The second-order valence-corrected chi connectivity index (χ2v) is 6.35. The molecule has 0 aliphatic carbocycles. The molecule has 150 valence electrons. The van der Waals surface area contributed by atoms with Crippen molar-refractivity contribution in [3.05, 3.63) is 70.1 Å². The Hall–Kier alpha value is -2.81. The van der Waals surface area contributed by atoms with E-state index < -0.39 is 34.7 Å². The topological polar surface area (TPSA) is 65.0 Å². The monoisotopic (exact) mass is 423 g/mol. The van der Waals surface area contributed by atoms with Gasteiger partial charge in [0.2, 0.25) is 5.78 Å². The van der Waals surface area contributed by atoms with Crippen molar-refractivity contribution in [2.75, 3.05) is 12.4 Å². The van der Waals surface area contributed by atoms with E-state index in [2.05, 4.69) is 5.32 Å². The van der Waals surface area contributed by atoms with E-state index in [1.165, 1.54) is 0 Å². The smallest absolute Gasteiger partial charge is 0.384 e. The quantitative estimate of drug-likeness (QED) is 0.276. The number of alkyl halides is 3. The molecule has 0 bridgehead atoms. The number of carbonyl (C=O) groups excluding carboxylic acids is 1. The maximum Gasteiger partial charge on any atom is 0.431 e. The first kappa shape index (κ1) is 22.5. The highest BCUT2D eigenvalue weighted by Crippen LogP contribution is 2.25. The van der Waals surface area contributed by atoms with Gasteiger partial charge in [-0.15, -0.1) is 0 Å². The third-order valence-electron chi connectivity index (χ3n) is 3.90. The average Bonchev–Trinajstić information content (AvgIpc) is 2.65. The summed E-state index contributed by atoms with van der Waals surface area (Å²) in [5.74, 6) is -2.29. The third kappa shape index (κ3) is 5.84. The van der Waals surface area contributed by atoms with Crippen LogP contribution >= 0.6 is 11.6 Å². The van der Waals surface area contributed by atoms with E-state index >= 15 is 0 Å². The fourth-order valence-electron chi connectivity index (χ4n) is 2.35. The maximum atomic E-state index is 14.2. The summed E-state index contributed by atoms with van der Waals surface area (Å²) < 4.78 is 52.5. The van der Waals surface area contributed by atoms with Crippen LogP contribution in [0.1, 0.15) is 11.1 Å². The maximum absolute atomic E-state index is 14.2. The zero-order chi connectivity index (χ0) is 21.8. The fraction of sp³-hybridized carbons (Fsp3) is 0.158. The van der Waals surface area contributed by atoms with E-state index in [0.717, 1.165) is 19.2 Å². The number of ketones is 1. The van der Waals surface area contributed by atoms with Crippen LogP contribution in [0.3, 0.4) is 0 Å². The molecule has 0 aliphatic rings. The van der Waals surface area contributed by atoms with Gasteiger partial charge in [-0.05, 0) is 29.8 Å². The normalized spacial score (nSPS) is 11.9. The van der Waals surface area contributed by atoms with Gasteiger partial charge in [-0.25, -0.2) is 4.39 Å². The first-order valence-corrected chi connectivity index (χ1v) is 8.58. The van der Waals surface area contributed by atoms with Crippen LogP contribution in [0.15, 0.2) is 48.2 Å². The summed E-state index contributed by atoms with van der Waals surface area (Å²) in [4.78, 5) is 12.1. The minimum atomic E-state index is -4.81. The van der Waals surface area contributed by atoms with Gasteiger partial charge in [-0.2, -0.15) is 13.2 Å². The number of halogens is 5. The Morgan fingerprint density at radius 1 is 1.24 bits per heavy atom. The molecule has 0 fully saturated rings. The van der Waals surface area contributed by atoms with Crippen molar-refractivity contribution in [1.29, 1.82) is 5.41 Å². The number of allylic oxidation sites excluding steroid dienone is 2. The van der Waals surface area contributed by atoms with Crippen molar-refractivity contribution in [3.63, 3.8) is 0 Å². The number of anilines is 1. The molecule has 0 atom stereocenters. The van der Waals surface area contributed by atoms with Gasteiger partial charge in [-0.3, -0.25) is 10.2 Å². The molecule has 0 aliphatic heterocycles. The Morgan fingerprint density at radius 3 is 2.41 bits per heavy atom. The van der Waals surface area contributed by atoms with Crippen molar-refractivity contribution >= 4 is 42.1 Å². The molecule has 2 aromatic rings. The van der Waals surface area contributed by atoms with Crippen LogP contribution in [0.25, 0.3) is 0 Å². The second kappa shape index (κ2) is 9.13.